The number of rotatable bonds is 8. The van der Waals surface area contributed by atoms with Gasteiger partial charge in [-0.25, -0.2) is 13.2 Å². The zero-order valence-corrected chi connectivity index (χ0v) is 18.4. The van der Waals surface area contributed by atoms with Gasteiger partial charge in [0.15, 0.2) is 0 Å². The summed E-state index contributed by atoms with van der Waals surface area (Å²) in [7, 11) is -1.04. The molecule has 30 heavy (non-hydrogen) atoms. The molecule has 9 heteroatoms. The van der Waals surface area contributed by atoms with Gasteiger partial charge in [-0.15, -0.1) is 0 Å². The lowest BCUT2D eigenvalue weighted by molar-refractivity contribution is -0.117. The van der Waals surface area contributed by atoms with Gasteiger partial charge in [-0.3, -0.25) is 9.10 Å². The summed E-state index contributed by atoms with van der Waals surface area (Å²) in [5, 5.41) is 2.75. The normalized spacial score (nSPS) is 12.0. The second kappa shape index (κ2) is 9.62. The summed E-state index contributed by atoms with van der Waals surface area (Å²) < 4.78 is 36.1. The molecule has 0 bridgehead atoms. The van der Waals surface area contributed by atoms with E-state index in [1.165, 1.54) is 20.3 Å². The smallest absolute Gasteiger partial charge is 0.337 e. The van der Waals surface area contributed by atoms with Gasteiger partial charge in [-0.05, 0) is 43.2 Å². The summed E-state index contributed by atoms with van der Waals surface area (Å²) in [6.45, 7) is 3.49. The predicted molar refractivity (Wildman–Crippen MR) is 116 cm³/mol. The molecule has 0 aliphatic heterocycles. The van der Waals surface area contributed by atoms with Gasteiger partial charge in [0, 0.05) is 11.8 Å². The van der Waals surface area contributed by atoms with Crippen LogP contribution in [-0.2, 0) is 19.6 Å². The molecule has 2 aromatic rings. The maximum absolute atomic E-state index is 13.1. The monoisotopic (exact) mass is 434 g/mol. The third-order valence-corrected chi connectivity index (χ3v) is 5.73. The van der Waals surface area contributed by atoms with Crippen LogP contribution in [0.25, 0.3) is 0 Å². The van der Waals surface area contributed by atoms with Crippen LogP contribution in [-0.4, -0.2) is 46.8 Å². The number of anilines is 2. The number of amides is 1. The fraction of sp³-hybridized carbons (Fsp3) is 0.333. The fourth-order valence-corrected chi connectivity index (χ4v) is 4.23. The Morgan fingerprint density at radius 1 is 1.13 bits per heavy atom. The van der Waals surface area contributed by atoms with Gasteiger partial charge in [0.25, 0.3) is 0 Å². The molecular formula is C21H26N2O6S. The fourth-order valence-electron chi connectivity index (χ4n) is 3.03. The van der Waals surface area contributed by atoms with Crippen LogP contribution in [0.1, 0.15) is 29.3 Å². The molecule has 0 unspecified atom stereocenters. The molecule has 2 rings (SSSR count). The van der Waals surface area contributed by atoms with E-state index in [9.17, 15) is 18.0 Å². The van der Waals surface area contributed by atoms with Crippen LogP contribution >= 0.6 is 0 Å². The van der Waals surface area contributed by atoms with Gasteiger partial charge < -0.3 is 14.8 Å². The molecule has 1 N–H and O–H groups in total. The van der Waals surface area contributed by atoms with E-state index in [-0.39, 0.29) is 12.0 Å². The number of sulfonamides is 1. The van der Waals surface area contributed by atoms with Crippen molar-refractivity contribution in [3.63, 3.8) is 0 Å². The van der Waals surface area contributed by atoms with E-state index in [0.717, 1.165) is 16.1 Å². The van der Waals surface area contributed by atoms with Crippen molar-refractivity contribution in [2.24, 2.45) is 0 Å². The topological polar surface area (TPSA) is 102 Å². The SMILES string of the molecule is CC[C@H](C(=O)Nc1cc(C(=O)OC)ccc1C)N(c1cccc(OC)c1)S(C)(=O)=O. The molecule has 0 aliphatic rings. The Morgan fingerprint density at radius 3 is 2.40 bits per heavy atom. The number of methoxy groups -OCH3 is 2. The molecule has 0 spiro atoms. The molecule has 0 heterocycles. The number of benzene rings is 2. The lowest BCUT2D eigenvalue weighted by Crippen LogP contribution is -2.47. The van der Waals surface area contributed by atoms with E-state index in [4.69, 9.17) is 9.47 Å². The van der Waals surface area contributed by atoms with Crippen molar-refractivity contribution in [1.82, 2.24) is 0 Å². The number of esters is 1. The first-order chi connectivity index (χ1) is 14.1. The third-order valence-electron chi connectivity index (χ3n) is 4.55. The summed E-state index contributed by atoms with van der Waals surface area (Å²) in [5.41, 5.74) is 1.72. The van der Waals surface area contributed by atoms with E-state index in [1.807, 2.05) is 0 Å². The van der Waals surface area contributed by atoms with E-state index in [0.29, 0.717) is 17.1 Å². The average Bonchev–Trinajstić information content (AvgIpc) is 2.71. The second-order valence-corrected chi connectivity index (χ2v) is 8.55. The zero-order valence-electron chi connectivity index (χ0n) is 17.6. The van der Waals surface area contributed by atoms with E-state index >= 15 is 0 Å². The van der Waals surface area contributed by atoms with E-state index in [1.54, 1.807) is 50.2 Å². The minimum absolute atomic E-state index is 0.228. The summed E-state index contributed by atoms with van der Waals surface area (Å²) in [6, 6.07) is 10.3. The molecule has 2 aromatic carbocycles. The van der Waals surface area contributed by atoms with Crippen LogP contribution in [0.5, 0.6) is 5.75 Å². The van der Waals surface area contributed by atoms with Gasteiger partial charge in [0.05, 0.1) is 31.7 Å². The van der Waals surface area contributed by atoms with Crippen LogP contribution in [0.3, 0.4) is 0 Å². The Balaban J connectivity index is 2.43. The molecule has 1 atom stereocenters. The van der Waals surface area contributed by atoms with Gasteiger partial charge in [-0.2, -0.15) is 0 Å². The number of hydrogen-bond donors (Lipinski definition) is 1. The Bertz CT molecular complexity index is 1040. The van der Waals surface area contributed by atoms with Crippen LogP contribution in [0, 0.1) is 6.92 Å². The number of carbonyl (C=O) groups excluding carboxylic acids is 2. The van der Waals surface area contributed by atoms with Crippen molar-refractivity contribution in [3.8, 4) is 5.75 Å². The van der Waals surface area contributed by atoms with Gasteiger partial charge in [0.2, 0.25) is 15.9 Å². The van der Waals surface area contributed by atoms with Crippen LogP contribution in [0.2, 0.25) is 0 Å². The molecule has 1 amide bonds. The highest BCUT2D eigenvalue weighted by Crippen LogP contribution is 2.27. The average molecular weight is 435 g/mol. The number of nitrogens with one attached hydrogen (secondary N) is 1. The predicted octanol–water partition coefficient (Wildman–Crippen LogP) is 2.97. The summed E-state index contributed by atoms with van der Waals surface area (Å²) in [5.74, 6) is -0.583. The number of aryl methyl sites for hydroxylation is 1. The maximum atomic E-state index is 13.1. The zero-order chi connectivity index (χ0) is 22.5. The standard InChI is InChI=1S/C21H26N2O6S/c1-6-19(23(30(5,26)27)16-8-7-9-17(13-16)28-3)20(24)22-18-12-15(21(25)29-4)11-10-14(18)2/h7-13,19H,6H2,1-5H3,(H,22,24)/t19-/m1/s1. The third kappa shape index (κ3) is 5.29. The Labute approximate surface area is 176 Å². The van der Waals surface area contributed by atoms with Crippen molar-refractivity contribution in [2.45, 2.75) is 26.3 Å². The molecule has 0 saturated heterocycles. The molecule has 0 fully saturated rings. The molecule has 0 aliphatic carbocycles. The maximum Gasteiger partial charge on any atom is 0.337 e. The highest BCUT2D eigenvalue weighted by Gasteiger charge is 2.32. The van der Waals surface area contributed by atoms with Crippen molar-refractivity contribution in [2.75, 3.05) is 30.1 Å². The van der Waals surface area contributed by atoms with Crippen molar-refractivity contribution < 1.29 is 27.5 Å². The van der Waals surface area contributed by atoms with Crippen LogP contribution in [0.4, 0.5) is 11.4 Å². The van der Waals surface area contributed by atoms with E-state index in [2.05, 4.69) is 5.32 Å². The second-order valence-electron chi connectivity index (χ2n) is 6.69. The molecule has 0 saturated carbocycles. The largest absolute Gasteiger partial charge is 0.497 e. The highest BCUT2D eigenvalue weighted by atomic mass is 32.2. The van der Waals surface area contributed by atoms with E-state index < -0.39 is 27.9 Å². The molecule has 8 nitrogen and oxygen atoms in total. The van der Waals surface area contributed by atoms with Crippen LogP contribution < -0.4 is 14.4 Å². The summed E-state index contributed by atoms with van der Waals surface area (Å²) in [4.78, 5) is 24.9. The first-order valence-corrected chi connectivity index (χ1v) is 11.1. The summed E-state index contributed by atoms with van der Waals surface area (Å²) >= 11 is 0. The molecule has 162 valence electrons. The molecule has 0 radical (unpaired) electrons. The van der Waals surface area contributed by atoms with Gasteiger partial charge in [-0.1, -0.05) is 19.1 Å². The Hall–Kier alpha value is -3.07. The number of hydrogen-bond acceptors (Lipinski definition) is 6. The minimum atomic E-state index is -3.78. The van der Waals surface area contributed by atoms with Crippen LogP contribution in [0.15, 0.2) is 42.5 Å². The van der Waals surface area contributed by atoms with Gasteiger partial charge in [0.1, 0.15) is 11.8 Å². The van der Waals surface area contributed by atoms with Crippen molar-refractivity contribution in [1.29, 1.82) is 0 Å². The number of ether oxygens (including phenoxy) is 2. The van der Waals surface area contributed by atoms with Gasteiger partial charge >= 0.3 is 5.97 Å². The van der Waals surface area contributed by atoms with Crippen molar-refractivity contribution in [3.05, 3.63) is 53.6 Å². The first kappa shape index (κ1) is 23.2. The first-order valence-electron chi connectivity index (χ1n) is 9.25. The molecule has 0 aromatic heterocycles. The Kier molecular flexibility index (Phi) is 7.44. The highest BCUT2D eigenvalue weighted by molar-refractivity contribution is 7.92. The number of carbonyl (C=O) groups is 2. The quantitative estimate of drug-likeness (QED) is 0.641. The Morgan fingerprint density at radius 2 is 1.83 bits per heavy atom. The lowest BCUT2D eigenvalue weighted by atomic mass is 10.1. The van der Waals surface area contributed by atoms with Crippen molar-refractivity contribution >= 4 is 33.3 Å². The molecular weight excluding hydrogens is 408 g/mol. The minimum Gasteiger partial charge on any atom is -0.497 e. The lowest BCUT2D eigenvalue weighted by Gasteiger charge is -2.30. The summed E-state index contributed by atoms with van der Waals surface area (Å²) in [6.07, 6.45) is 1.28. The number of nitrogens with zero attached hydrogens (tertiary/aromatic N) is 1.